The summed E-state index contributed by atoms with van der Waals surface area (Å²) in [7, 11) is 1.54. The molecule has 1 aromatic heterocycles. The highest BCUT2D eigenvalue weighted by molar-refractivity contribution is 6.32. The number of methoxy groups -OCH3 is 1. The number of primary amides is 1. The molecule has 0 saturated heterocycles. The summed E-state index contributed by atoms with van der Waals surface area (Å²) in [5, 5.41) is 0.474. The lowest BCUT2D eigenvalue weighted by molar-refractivity contribution is 0.0974. The molecule has 1 aromatic carbocycles. The number of benzene rings is 1. The van der Waals surface area contributed by atoms with Crippen LogP contribution in [0.1, 0.15) is 10.6 Å². The fraction of sp³-hybridized carbons (Fsp3) is 0.0833. The Morgan fingerprint density at radius 3 is 2.65 bits per heavy atom. The van der Waals surface area contributed by atoms with Gasteiger partial charge in [0.05, 0.1) is 12.1 Å². The van der Waals surface area contributed by atoms with E-state index in [2.05, 4.69) is 0 Å². The van der Waals surface area contributed by atoms with Crippen LogP contribution in [-0.4, -0.2) is 13.0 Å². The number of nitrogens with two attached hydrogens (primary N) is 1. The highest BCUT2D eigenvalue weighted by atomic mass is 35.5. The third kappa shape index (κ3) is 2.26. The first-order valence-electron chi connectivity index (χ1n) is 4.85. The zero-order chi connectivity index (χ0) is 12.4. The van der Waals surface area contributed by atoms with Gasteiger partial charge in [-0.25, -0.2) is 0 Å². The molecular formula is C12H10ClNO3. The summed E-state index contributed by atoms with van der Waals surface area (Å²) in [6.07, 6.45) is 0. The van der Waals surface area contributed by atoms with Crippen LogP contribution in [0.4, 0.5) is 0 Å². The van der Waals surface area contributed by atoms with Gasteiger partial charge in [0.1, 0.15) is 11.5 Å². The number of ether oxygens (including phenoxy) is 1. The molecule has 0 fully saturated rings. The van der Waals surface area contributed by atoms with Crippen molar-refractivity contribution in [3.8, 4) is 17.1 Å². The predicted octanol–water partition coefficient (Wildman–Crippen LogP) is 2.71. The van der Waals surface area contributed by atoms with Crippen molar-refractivity contribution in [1.29, 1.82) is 0 Å². The molecule has 0 atom stereocenters. The van der Waals surface area contributed by atoms with E-state index in [1.807, 2.05) is 0 Å². The summed E-state index contributed by atoms with van der Waals surface area (Å²) < 4.78 is 10.3. The zero-order valence-corrected chi connectivity index (χ0v) is 9.82. The fourth-order valence-electron chi connectivity index (χ4n) is 1.45. The minimum Gasteiger partial charge on any atom is -0.495 e. The summed E-state index contributed by atoms with van der Waals surface area (Å²) in [5.74, 6) is 0.628. The van der Waals surface area contributed by atoms with Gasteiger partial charge in [-0.3, -0.25) is 4.79 Å². The zero-order valence-electron chi connectivity index (χ0n) is 9.07. The highest BCUT2D eigenvalue weighted by Crippen LogP contribution is 2.30. The molecule has 0 aliphatic heterocycles. The van der Waals surface area contributed by atoms with Gasteiger partial charge in [0.2, 0.25) is 0 Å². The molecule has 0 spiro atoms. The number of hydrogen-bond donors (Lipinski definition) is 1. The van der Waals surface area contributed by atoms with Crippen molar-refractivity contribution in [3.63, 3.8) is 0 Å². The van der Waals surface area contributed by atoms with Crippen LogP contribution in [0.2, 0.25) is 5.02 Å². The summed E-state index contributed by atoms with van der Waals surface area (Å²) in [5.41, 5.74) is 5.86. The molecule has 0 saturated carbocycles. The molecule has 1 heterocycles. The SMILES string of the molecule is COc1ccc(-c2ccc(C(N)=O)o2)cc1Cl. The predicted molar refractivity (Wildman–Crippen MR) is 64.2 cm³/mol. The molecule has 5 heteroatoms. The van der Waals surface area contributed by atoms with E-state index < -0.39 is 5.91 Å². The number of halogens is 1. The van der Waals surface area contributed by atoms with Crippen molar-refractivity contribution < 1.29 is 13.9 Å². The van der Waals surface area contributed by atoms with Gasteiger partial charge in [-0.15, -0.1) is 0 Å². The van der Waals surface area contributed by atoms with Gasteiger partial charge in [0, 0.05) is 5.56 Å². The average molecular weight is 252 g/mol. The monoisotopic (exact) mass is 251 g/mol. The molecule has 2 rings (SSSR count). The third-order valence-electron chi connectivity index (χ3n) is 2.29. The Bertz CT molecular complexity index is 563. The van der Waals surface area contributed by atoms with E-state index in [0.717, 1.165) is 5.56 Å². The molecule has 88 valence electrons. The van der Waals surface area contributed by atoms with Crippen molar-refractivity contribution in [3.05, 3.63) is 41.1 Å². The van der Waals surface area contributed by atoms with Crippen LogP contribution in [0.5, 0.6) is 5.75 Å². The largest absolute Gasteiger partial charge is 0.495 e. The number of carbonyl (C=O) groups is 1. The topological polar surface area (TPSA) is 65.5 Å². The standard InChI is InChI=1S/C12H10ClNO3/c1-16-10-3-2-7(6-8(10)13)9-4-5-11(17-9)12(14)15/h2-6H,1H3,(H2,14,15). The molecule has 4 nitrogen and oxygen atoms in total. The molecule has 2 N–H and O–H groups in total. The van der Waals surface area contributed by atoms with Crippen molar-refractivity contribution in [1.82, 2.24) is 0 Å². The van der Waals surface area contributed by atoms with Gasteiger partial charge in [-0.1, -0.05) is 11.6 Å². The Balaban J connectivity index is 2.39. The minimum atomic E-state index is -0.601. The fourth-order valence-corrected chi connectivity index (χ4v) is 1.70. The van der Waals surface area contributed by atoms with Crippen LogP contribution >= 0.6 is 11.6 Å². The van der Waals surface area contributed by atoms with Gasteiger partial charge in [0.25, 0.3) is 5.91 Å². The summed E-state index contributed by atoms with van der Waals surface area (Å²) in [4.78, 5) is 10.9. The maximum atomic E-state index is 10.9. The van der Waals surface area contributed by atoms with Crippen molar-refractivity contribution in [2.75, 3.05) is 7.11 Å². The number of hydrogen-bond acceptors (Lipinski definition) is 3. The Kier molecular flexibility index (Phi) is 3.06. The van der Waals surface area contributed by atoms with Crippen LogP contribution in [0.3, 0.4) is 0 Å². The highest BCUT2D eigenvalue weighted by Gasteiger charge is 2.10. The van der Waals surface area contributed by atoms with Crippen LogP contribution in [-0.2, 0) is 0 Å². The second-order valence-electron chi connectivity index (χ2n) is 3.38. The quantitative estimate of drug-likeness (QED) is 0.912. The number of amides is 1. The Morgan fingerprint density at radius 1 is 1.35 bits per heavy atom. The molecule has 0 unspecified atom stereocenters. The summed E-state index contributed by atoms with van der Waals surface area (Å²) in [6, 6.07) is 8.40. The van der Waals surface area contributed by atoms with Gasteiger partial charge in [0.15, 0.2) is 5.76 Å². The second kappa shape index (κ2) is 4.51. The first-order valence-corrected chi connectivity index (χ1v) is 5.23. The van der Waals surface area contributed by atoms with Crippen LogP contribution < -0.4 is 10.5 Å². The Morgan fingerprint density at radius 2 is 2.12 bits per heavy atom. The van der Waals surface area contributed by atoms with E-state index in [9.17, 15) is 4.79 Å². The normalized spacial score (nSPS) is 10.2. The lowest BCUT2D eigenvalue weighted by Crippen LogP contribution is -2.09. The second-order valence-corrected chi connectivity index (χ2v) is 3.78. The van der Waals surface area contributed by atoms with E-state index >= 15 is 0 Å². The van der Waals surface area contributed by atoms with Gasteiger partial charge < -0.3 is 14.9 Å². The average Bonchev–Trinajstić information content (AvgIpc) is 2.78. The van der Waals surface area contributed by atoms with Gasteiger partial charge in [-0.2, -0.15) is 0 Å². The van der Waals surface area contributed by atoms with Crippen molar-refractivity contribution in [2.24, 2.45) is 5.73 Å². The lowest BCUT2D eigenvalue weighted by atomic mass is 10.2. The maximum absolute atomic E-state index is 10.9. The number of rotatable bonds is 3. The molecule has 0 aliphatic rings. The van der Waals surface area contributed by atoms with Crippen LogP contribution in [0.15, 0.2) is 34.7 Å². The first-order chi connectivity index (χ1) is 8.11. The van der Waals surface area contributed by atoms with Crippen LogP contribution in [0.25, 0.3) is 11.3 Å². The third-order valence-corrected chi connectivity index (χ3v) is 2.58. The van der Waals surface area contributed by atoms with E-state index in [-0.39, 0.29) is 5.76 Å². The molecule has 0 radical (unpaired) electrons. The van der Waals surface area contributed by atoms with Gasteiger partial charge >= 0.3 is 0 Å². The molecular weight excluding hydrogens is 242 g/mol. The minimum absolute atomic E-state index is 0.118. The van der Waals surface area contributed by atoms with E-state index in [1.54, 1.807) is 31.4 Å². The summed E-state index contributed by atoms with van der Waals surface area (Å²) in [6.45, 7) is 0. The molecule has 2 aromatic rings. The van der Waals surface area contributed by atoms with E-state index in [4.69, 9.17) is 26.5 Å². The van der Waals surface area contributed by atoms with Crippen molar-refractivity contribution in [2.45, 2.75) is 0 Å². The maximum Gasteiger partial charge on any atom is 0.284 e. The molecule has 17 heavy (non-hydrogen) atoms. The summed E-state index contributed by atoms with van der Waals surface area (Å²) >= 11 is 5.99. The van der Waals surface area contributed by atoms with Crippen molar-refractivity contribution >= 4 is 17.5 Å². The molecule has 0 aliphatic carbocycles. The Hall–Kier alpha value is -1.94. The molecule has 1 amide bonds. The van der Waals surface area contributed by atoms with E-state index in [0.29, 0.717) is 16.5 Å². The Labute approximate surface area is 103 Å². The number of furan rings is 1. The molecule has 0 bridgehead atoms. The first kappa shape index (κ1) is 11.5. The number of carbonyl (C=O) groups excluding carboxylic acids is 1. The smallest absolute Gasteiger partial charge is 0.284 e. The van der Waals surface area contributed by atoms with Crippen LogP contribution in [0, 0.1) is 0 Å². The lowest BCUT2D eigenvalue weighted by Gasteiger charge is -2.03. The van der Waals surface area contributed by atoms with Gasteiger partial charge in [-0.05, 0) is 30.3 Å². The van der Waals surface area contributed by atoms with E-state index in [1.165, 1.54) is 6.07 Å².